The van der Waals surface area contributed by atoms with E-state index in [2.05, 4.69) is 64.7 Å². The fourth-order valence-corrected chi connectivity index (χ4v) is 3.01. The van der Waals surface area contributed by atoms with Crippen LogP contribution in [0.1, 0.15) is 22.9 Å². The van der Waals surface area contributed by atoms with E-state index in [0.717, 1.165) is 5.69 Å². The molecule has 1 aromatic heterocycles. The van der Waals surface area contributed by atoms with E-state index >= 15 is 0 Å². The Morgan fingerprint density at radius 1 is 1.00 bits per heavy atom. The summed E-state index contributed by atoms with van der Waals surface area (Å²) in [6, 6.07) is 16.8. The van der Waals surface area contributed by atoms with Gasteiger partial charge in [-0.15, -0.1) is 0 Å². The minimum absolute atomic E-state index is 0.0589. The Balaban J connectivity index is 1.98. The van der Waals surface area contributed by atoms with E-state index in [1.807, 2.05) is 6.07 Å². The second kappa shape index (κ2) is 4.23. The highest BCUT2D eigenvalue weighted by Crippen LogP contribution is 2.38. The molecule has 2 heterocycles. The van der Waals surface area contributed by atoms with Crippen LogP contribution < -0.4 is 5.32 Å². The van der Waals surface area contributed by atoms with E-state index < -0.39 is 0 Å². The molecular formula is C17H15N3. The number of para-hydroxylation sites is 2. The van der Waals surface area contributed by atoms with Crippen LogP contribution in [0, 0.1) is 6.92 Å². The van der Waals surface area contributed by atoms with Crippen molar-refractivity contribution in [3.63, 3.8) is 0 Å². The van der Waals surface area contributed by atoms with Crippen LogP contribution in [0.15, 0.2) is 53.5 Å². The monoisotopic (exact) mass is 261 g/mol. The molecule has 3 nitrogen and oxygen atoms in total. The van der Waals surface area contributed by atoms with Gasteiger partial charge < -0.3 is 10.3 Å². The maximum atomic E-state index is 4.67. The second-order valence-electron chi connectivity index (χ2n) is 5.12. The van der Waals surface area contributed by atoms with Crippen LogP contribution in [-0.4, -0.2) is 11.3 Å². The van der Waals surface area contributed by atoms with Crippen molar-refractivity contribution in [2.45, 2.75) is 13.0 Å². The lowest BCUT2D eigenvalue weighted by molar-refractivity contribution is 0.867. The molecule has 3 aromatic rings. The quantitative estimate of drug-likeness (QED) is 0.682. The van der Waals surface area contributed by atoms with Crippen molar-refractivity contribution in [3.8, 4) is 0 Å². The van der Waals surface area contributed by atoms with Gasteiger partial charge in [0.25, 0.3) is 0 Å². The average molecular weight is 261 g/mol. The zero-order valence-corrected chi connectivity index (χ0v) is 11.2. The third-order valence-electron chi connectivity index (χ3n) is 3.92. The van der Waals surface area contributed by atoms with Crippen LogP contribution in [0.4, 0.5) is 5.69 Å². The average Bonchev–Trinajstić information content (AvgIpc) is 2.82. The first-order valence-electron chi connectivity index (χ1n) is 6.79. The standard InChI is InChI=1S/C17H15N3/c1-11-16(12-6-2-5-9-15(12)20-11)17-13-7-3-4-8-14(13)18-10-19-17/h2-10,17,20H,1H3,(H,18,19). The number of rotatable bonds is 1. The summed E-state index contributed by atoms with van der Waals surface area (Å²) in [5.41, 5.74) is 5.99. The number of benzene rings is 2. The molecule has 98 valence electrons. The summed E-state index contributed by atoms with van der Waals surface area (Å²) >= 11 is 0. The van der Waals surface area contributed by atoms with Gasteiger partial charge in [-0.1, -0.05) is 36.4 Å². The molecule has 1 atom stereocenters. The molecule has 1 unspecified atom stereocenters. The number of aromatic amines is 1. The van der Waals surface area contributed by atoms with Gasteiger partial charge in [0.2, 0.25) is 0 Å². The summed E-state index contributed by atoms with van der Waals surface area (Å²) in [7, 11) is 0. The first-order chi connectivity index (χ1) is 9.84. The van der Waals surface area contributed by atoms with E-state index in [1.54, 1.807) is 6.34 Å². The lowest BCUT2D eigenvalue weighted by atomic mass is 9.94. The Morgan fingerprint density at radius 3 is 2.75 bits per heavy atom. The lowest BCUT2D eigenvalue weighted by Crippen LogP contribution is -2.11. The molecule has 0 aliphatic carbocycles. The maximum absolute atomic E-state index is 4.67. The van der Waals surface area contributed by atoms with Gasteiger partial charge in [-0.3, -0.25) is 4.99 Å². The molecule has 1 aliphatic rings. The van der Waals surface area contributed by atoms with Crippen molar-refractivity contribution in [1.29, 1.82) is 0 Å². The highest BCUT2D eigenvalue weighted by molar-refractivity contribution is 5.88. The van der Waals surface area contributed by atoms with E-state index in [0.29, 0.717) is 0 Å². The van der Waals surface area contributed by atoms with Crippen molar-refractivity contribution in [2.75, 3.05) is 5.32 Å². The SMILES string of the molecule is Cc1[nH]c2ccccc2c1C1N=CNc2ccccc21. The molecular weight excluding hydrogens is 246 g/mol. The third kappa shape index (κ3) is 1.56. The van der Waals surface area contributed by atoms with E-state index in [-0.39, 0.29) is 6.04 Å². The Hall–Kier alpha value is -2.55. The van der Waals surface area contributed by atoms with Crippen LogP contribution in [0.25, 0.3) is 10.9 Å². The molecule has 20 heavy (non-hydrogen) atoms. The molecule has 0 fully saturated rings. The minimum Gasteiger partial charge on any atom is -0.358 e. The summed E-state index contributed by atoms with van der Waals surface area (Å²) < 4.78 is 0. The number of H-pyrrole nitrogens is 1. The largest absolute Gasteiger partial charge is 0.358 e. The van der Waals surface area contributed by atoms with Gasteiger partial charge in [0.15, 0.2) is 0 Å². The van der Waals surface area contributed by atoms with Crippen molar-refractivity contribution in [1.82, 2.24) is 4.98 Å². The Kier molecular flexibility index (Phi) is 2.39. The summed E-state index contributed by atoms with van der Waals surface area (Å²) in [5.74, 6) is 0. The van der Waals surface area contributed by atoms with Gasteiger partial charge in [-0.25, -0.2) is 0 Å². The summed E-state index contributed by atoms with van der Waals surface area (Å²) in [4.78, 5) is 8.13. The number of aryl methyl sites for hydroxylation is 1. The Bertz CT molecular complexity index is 814. The smallest absolute Gasteiger partial charge is 0.106 e. The highest BCUT2D eigenvalue weighted by atomic mass is 15.0. The topological polar surface area (TPSA) is 40.2 Å². The summed E-state index contributed by atoms with van der Waals surface area (Å²) in [6.07, 6.45) is 1.80. The van der Waals surface area contributed by atoms with Crippen molar-refractivity contribution in [3.05, 3.63) is 65.4 Å². The number of hydrogen-bond acceptors (Lipinski definition) is 2. The fraction of sp³-hybridized carbons (Fsp3) is 0.118. The molecule has 1 aliphatic heterocycles. The van der Waals surface area contributed by atoms with Crippen molar-refractivity contribution >= 4 is 22.9 Å². The number of aliphatic imine (C=N–C) groups is 1. The number of fused-ring (bicyclic) bond motifs is 2. The Morgan fingerprint density at radius 2 is 1.80 bits per heavy atom. The number of nitrogens with one attached hydrogen (secondary N) is 2. The number of anilines is 1. The number of aromatic nitrogens is 1. The summed E-state index contributed by atoms with van der Waals surface area (Å²) in [5, 5.41) is 4.47. The lowest BCUT2D eigenvalue weighted by Gasteiger charge is -2.21. The van der Waals surface area contributed by atoms with Gasteiger partial charge in [-0.2, -0.15) is 0 Å². The molecule has 0 spiro atoms. The predicted molar refractivity (Wildman–Crippen MR) is 83.4 cm³/mol. The van der Waals surface area contributed by atoms with Gasteiger partial charge in [-0.05, 0) is 19.1 Å². The third-order valence-corrected chi connectivity index (χ3v) is 3.92. The van der Waals surface area contributed by atoms with Crippen molar-refractivity contribution in [2.24, 2.45) is 4.99 Å². The van der Waals surface area contributed by atoms with E-state index in [4.69, 9.17) is 0 Å². The normalized spacial score (nSPS) is 16.9. The van der Waals surface area contributed by atoms with Gasteiger partial charge in [0.05, 0.1) is 6.34 Å². The first kappa shape index (κ1) is 11.3. The first-order valence-corrected chi connectivity index (χ1v) is 6.79. The predicted octanol–water partition coefficient (Wildman–Crippen LogP) is 4.02. The van der Waals surface area contributed by atoms with Crippen LogP contribution in [-0.2, 0) is 0 Å². The molecule has 4 rings (SSSR count). The highest BCUT2D eigenvalue weighted by Gasteiger charge is 2.23. The number of hydrogen-bond donors (Lipinski definition) is 2. The van der Waals surface area contributed by atoms with E-state index in [1.165, 1.54) is 27.7 Å². The van der Waals surface area contributed by atoms with Crippen LogP contribution >= 0.6 is 0 Å². The fourth-order valence-electron chi connectivity index (χ4n) is 3.01. The number of nitrogens with zero attached hydrogens (tertiary/aromatic N) is 1. The second-order valence-corrected chi connectivity index (χ2v) is 5.12. The van der Waals surface area contributed by atoms with E-state index in [9.17, 15) is 0 Å². The zero-order valence-electron chi connectivity index (χ0n) is 11.2. The van der Waals surface area contributed by atoms with Crippen molar-refractivity contribution < 1.29 is 0 Å². The van der Waals surface area contributed by atoms with Crippen LogP contribution in [0.5, 0.6) is 0 Å². The van der Waals surface area contributed by atoms with Gasteiger partial charge >= 0.3 is 0 Å². The molecule has 0 saturated heterocycles. The molecule has 2 aromatic carbocycles. The zero-order chi connectivity index (χ0) is 13.5. The molecule has 0 radical (unpaired) electrons. The molecule has 0 saturated carbocycles. The minimum atomic E-state index is 0.0589. The van der Waals surface area contributed by atoms with Gasteiger partial charge in [0, 0.05) is 33.4 Å². The molecule has 0 amide bonds. The van der Waals surface area contributed by atoms with Crippen LogP contribution in [0.3, 0.4) is 0 Å². The Labute approximate surface area is 117 Å². The maximum Gasteiger partial charge on any atom is 0.106 e. The van der Waals surface area contributed by atoms with Gasteiger partial charge in [0.1, 0.15) is 6.04 Å². The molecule has 2 N–H and O–H groups in total. The molecule has 3 heteroatoms. The summed E-state index contributed by atoms with van der Waals surface area (Å²) in [6.45, 7) is 2.12. The molecule has 0 bridgehead atoms. The van der Waals surface area contributed by atoms with Crippen LogP contribution in [0.2, 0.25) is 0 Å².